The molecule has 0 heterocycles. The molecule has 48 heavy (non-hydrogen) atoms. The molecule has 0 aromatic heterocycles. The van der Waals surface area contributed by atoms with E-state index in [1.165, 1.54) is 103 Å². The SMILES string of the molecule is CCCCC/C=C\C[C@H](O)/C=C/C=C\C/C=C\CCCC(=O)O[C@@H](CO)COC(=O)CCCCCCCCCCCCCCCCCC. The van der Waals surface area contributed by atoms with Crippen molar-refractivity contribution in [3.63, 3.8) is 0 Å². The first-order valence-corrected chi connectivity index (χ1v) is 19.8. The van der Waals surface area contributed by atoms with Crippen molar-refractivity contribution in [2.45, 2.75) is 193 Å². The predicted octanol–water partition coefficient (Wildman–Crippen LogP) is 11.2. The van der Waals surface area contributed by atoms with Crippen LogP contribution < -0.4 is 0 Å². The number of ether oxygens (including phenoxy) is 2. The van der Waals surface area contributed by atoms with Crippen LogP contribution in [0.15, 0.2) is 48.6 Å². The number of unbranched alkanes of at least 4 members (excludes halogenated alkanes) is 19. The molecule has 0 bridgehead atoms. The fraction of sp³-hybridized carbons (Fsp3) is 0.762. The van der Waals surface area contributed by atoms with Crippen LogP contribution in [-0.4, -0.2) is 47.6 Å². The summed E-state index contributed by atoms with van der Waals surface area (Å²) in [5, 5.41) is 19.5. The van der Waals surface area contributed by atoms with Gasteiger partial charge in [-0.2, -0.15) is 0 Å². The van der Waals surface area contributed by atoms with Gasteiger partial charge in [0.2, 0.25) is 0 Å². The molecule has 0 fully saturated rings. The Hall–Kier alpha value is -2.18. The maximum absolute atomic E-state index is 12.1. The van der Waals surface area contributed by atoms with E-state index >= 15 is 0 Å². The fourth-order valence-electron chi connectivity index (χ4n) is 5.40. The van der Waals surface area contributed by atoms with Crippen LogP contribution in [0, 0.1) is 0 Å². The van der Waals surface area contributed by atoms with E-state index in [1.807, 2.05) is 30.4 Å². The Labute approximate surface area is 295 Å². The molecule has 0 spiro atoms. The van der Waals surface area contributed by atoms with Gasteiger partial charge in [-0.3, -0.25) is 9.59 Å². The number of allylic oxidation sites excluding steroid dienone is 6. The Bertz CT molecular complexity index is 830. The molecular formula is C42H74O6. The van der Waals surface area contributed by atoms with Gasteiger partial charge in [0.05, 0.1) is 12.7 Å². The number of rotatable bonds is 35. The van der Waals surface area contributed by atoms with Gasteiger partial charge in [0.25, 0.3) is 0 Å². The summed E-state index contributed by atoms with van der Waals surface area (Å²) in [6.45, 7) is 3.99. The largest absolute Gasteiger partial charge is 0.462 e. The molecule has 278 valence electrons. The first-order chi connectivity index (χ1) is 23.5. The van der Waals surface area contributed by atoms with Crippen molar-refractivity contribution in [1.82, 2.24) is 0 Å². The van der Waals surface area contributed by atoms with Gasteiger partial charge < -0.3 is 19.7 Å². The zero-order valence-corrected chi connectivity index (χ0v) is 31.1. The summed E-state index contributed by atoms with van der Waals surface area (Å²) in [4.78, 5) is 24.2. The Morgan fingerprint density at radius 2 is 1.10 bits per heavy atom. The molecule has 0 aliphatic carbocycles. The van der Waals surface area contributed by atoms with Crippen LogP contribution in [0.1, 0.15) is 181 Å². The first kappa shape index (κ1) is 45.8. The van der Waals surface area contributed by atoms with E-state index in [0.717, 1.165) is 38.5 Å². The van der Waals surface area contributed by atoms with Crippen LogP contribution in [0.4, 0.5) is 0 Å². The van der Waals surface area contributed by atoms with Crippen molar-refractivity contribution in [2.24, 2.45) is 0 Å². The maximum atomic E-state index is 12.1. The molecule has 2 N–H and O–H groups in total. The van der Waals surface area contributed by atoms with E-state index in [1.54, 1.807) is 6.08 Å². The summed E-state index contributed by atoms with van der Waals surface area (Å²) in [6, 6.07) is 0. The monoisotopic (exact) mass is 675 g/mol. The van der Waals surface area contributed by atoms with Gasteiger partial charge in [0.1, 0.15) is 6.61 Å². The molecule has 6 heteroatoms. The quantitative estimate of drug-likeness (QED) is 0.0301. The molecule has 0 aromatic carbocycles. The van der Waals surface area contributed by atoms with Crippen LogP contribution in [0.3, 0.4) is 0 Å². The maximum Gasteiger partial charge on any atom is 0.306 e. The highest BCUT2D eigenvalue weighted by Gasteiger charge is 2.16. The summed E-state index contributed by atoms with van der Waals surface area (Å²) in [5.74, 6) is -0.693. The summed E-state index contributed by atoms with van der Waals surface area (Å²) < 4.78 is 10.5. The second kappa shape index (κ2) is 37.6. The van der Waals surface area contributed by atoms with E-state index in [0.29, 0.717) is 19.3 Å². The molecule has 0 unspecified atom stereocenters. The standard InChI is InChI=1S/C42H74O6/c1-3-5-7-9-11-12-13-14-15-16-17-18-19-23-27-31-35-41(45)47-38-40(37-43)48-42(46)36-32-28-24-21-20-22-26-30-34-39(44)33-29-25-10-8-6-4-2/h21-22,24-26,29-30,34,39-40,43-44H,3-20,23,27-28,31-33,35-38H2,1-2H3/b24-21-,26-22-,29-25-,34-30+/t39-,40-/m0/s1. The van der Waals surface area contributed by atoms with Crippen molar-refractivity contribution < 1.29 is 29.3 Å². The molecule has 0 aliphatic heterocycles. The van der Waals surface area contributed by atoms with Crippen molar-refractivity contribution in [3.05, 3.63) is 48.6 Å². The van der Waals surface area contributed by atoms with Crippen molar-refractivity contribution in [1.29, 1.82) is 0 Å². The van der Waals surface area contributed by atoms with Crippen molar-refractivity contribution in [2.75, 3.05) is 13.2 Å². The third-order valence-corrected chi connectivity index (χ3v) is 8.46. The lowest BCUT2D eigenvalue weighted by Gasteiger charge is -2.15. The normalized spacial score (nSPS) is 13.3. The van der Waals surface area contributed by atoms with E-state index in [9.17, 15) is 19.8 Å². The van der Waals surface area contributed by atoms with Crippen molar-refractivity contribution >= 4 is 11.9 Å². The molecule has 0 aliphatic rings. The first-order valence-electron chi connectivity index (χ1n) is 19.8. The van der Waals surface area contributed by atoms with Crippen LogP contribution >= 0.6 is 0 Å². The number of esters is 2. The Morgan fingerprint density at radius 1 is 0.583 bits per heavy atom. The highest BCUT2D eigenvalue weighted by Crippen LogP contribution is 2.14. The third kappa shape index (κ3) is 35.1. The van der Waals surface area contributed by atoms with Crippen LogP contribution in [0.5, 0.6) is 0 Å². The van der Waals surface area contributed by atoms with Gasteiger partial charge in [-0.1, -0.05) is 172 Å². The van der Waals surface area contributed by atoms with Crippen LogP contribution in [0.2, 0.25) is 0 Å². The van der Waals surface area contributed by atoms with Crippen LogP contribution in [-0.2, 0) is 19.1 Å². The molecule has 2 atom stereocenters. The predicted molar refractivity (Wildman–Crippen MR) is 202 cm³/mol. The lowest BCUT2D eigenvalue weighted by atomic mass is 10.0. The molecule has 0 radical (unpaired) electrons. The summed E-state index contributed by atoms with van der Waals surface area (Å²) >= 11 is 0. The number of aliphatic hydroxyl groups excluding tert-OH is 2. The smallest absolute Gasteiger partial charge is 0.306 e. The lowest BCUT2D eigenvalue weighted by Crippen LogP contribution is -2.28. The van der Waals surface area contributed by atoms with E-state index in [4.69, 9.17) is 9.47 Å². The zero-order valence-electron chi connectivity index (χ0n) is 31.1. The second-order valence-electron chi connectivity index (χ2n) is 13.2. The van der Waals surface area contributed by atoms with Gasteiger partial charge in [0.15, 0.2) is 6.10 Å². The second-order valence-corrected chi connectivity index (χ2v) is 13.2. The summed E-state index contributed by atoms with van der Waals surface area (Å²) in [5.41, 5.74) is 0. The average molecular weight is 675 g/mol. The molecule has 6 nitrogen and oxygen atoms in total. The van der Waals surface area contributed by atoms with Gasteiger partial charge in [-0.15, -0.1) is 0 Å². The van der Waals surface area contributed by atoms with E-state index < -0.39 is 18.2 Å². The van der Waals surface area contributed by atoms with Crippen molar-refractivity contribution in [3.8, 4) is 0 Å². The minimum atomic E-state index is -0.818. The molecule has 0 rings (SSSR count). The van der Waals surface area contributed by atoms with E-state index in [2.05, 4.69) is 26.0 Å². The third-order valence-electron chi connectivity index (χ3n) is 8.46. The highest BCUT2D eigenvalue weighted by molar-refractivity contribution is 5.70. The van der Waals surface area contributed by atoms with Gasteiger partial charge >= 0.3 is 11.9 Å². The van der Waals surface area contributed by atoms with Crippen LogP contribution in [0.25, 0.3) is 0 Å². The Morgan fingerprint density at radius 3 is 1.71 bits per heavy atom. The fourth-order valence-corrected chi connectivity index (χ4v) is 5.40. The number of hydrogen-bond acceptors (Lipinski definition) is 6. The highest BCUT2D eigenvalue weighted by atomic mass is 16.6. The topological polar surface area (TPSA) is 93.1 Å². The Balaban J connectivity index is 3.71. The lowest BCUT2D eigenvalue weighted by molar-refractivity contribution is -0.161. The molecule has 0 amide bonds. The van der Waals surface area contributed by atoms with Gasteiger partial charge in [-0.05, 0) is 44.9 Å². The Kier molecular flexibility index (Phi) is 35.9. The average Bonchev–Trinajstić information content (AvgIpc) is 3.08. The minimum absolute atomic E-state index is 0.104. The van der Waals surface area contributed by atoms with Gasteiger partial charge in [-0.25, -0.2) is 0 Å². The van der Waals surface area contributed by atoms with Gasteiger partial charge in [0, 0.05) is 12.8 Å². The molecule has 0 aromatic rings. The summed E-state index contributed by atoms with van der Waals surface area (Å²) in [7, 11) is 0. The minimum Gasteiger partial charge on any atom is -0.462 e. The zero-order chi connectivity index (χ0) is 35.2. The number of carbonyl (C=O) groups is 2. The number of hydrogen-bond donors (Lipinski definition) is 2. The molecule has 0 saturated carbocycles. The summed E-state index contributed by atoms with van der Waals surface area (Å²) in [6.07, 6.45) is 43.4. The number of aliphatic hydroxyl groups is 2. The number of carbonyl (C=O) groups excluding carboxylic acids is 2. The molecular weight excluding hydrogens is 600 g/mol. The molecule has 0 saturated heterocycles. The van der Waals surface area contributed by atoms with E-state index in [-0.39, 0.29) is 25.6 Å².